The van der Waals surface area contributed by atoms with E-state index in [4.69, 9.17) is 11.0 Å². The molecule has 15 heavy (non-hydrogen) atoms. The minimum atomic E-state index is 0.542. The van der Waals surface area contributed by atoms with E-state index in [0.29, 0.717) is 18.7 Å². The second kappa shape index (κ2) is 5.84. The van der Waals surface area contributed by atoms with Crippen LogP contribution in [0.4, 0.5) is 5.69 Å². The molecule has 0 aliphatic rings. The summed E-state index contributed by atoms with van der Waals surface area (Å²) in [5.74, 6) is 0. The SMILES string of the molecule is Cc1cccc(C#N)c1NC/C=C/CN. The van der Waals surface area contributed by atoms with E-state index in [1.165, 1.54) is 0 Å². The third-order valence-corrected chi connectivity index (χ3v) is 2.09. The molecule has 0 aromatic heterocycles. The van der Waals surface area contributed by atoms with Crippen LogP contribution in [0.25, 0.3) is 0 Å². The Kier molecular flexibility index (Phi) is 4.39. The van der Waals surface area contributed by atoms with Crippen LogP contribution in [0.3, 0.4) is 0 Å². The van der Waals surface area contributed by atoms with E-state index in [1.807, 2.05) is 37.3 Å². The van der Waals surface area contributed by atoms with E-state index in [-0.39, 0.29) is 0 Å². The Labute approximate surface area is 90.2 Å². The predicted octanol–water partition coefficient (Wildman–Crippen LogP) is 1.79. The number of anilines is 1. The molecule has 3 N–H and O–H groups in total. The van der Waals surface area contributed by atoms with Crippen molar-refractivity contribution in [3.8, 4) is 6.07 Å². The van der Waals surface area contributed by atoms with Crippen LogP contribution in [0.2, 0.25) is 0 Å². The first-order chi connectivity index (χ1) is 7.29. The quantitative estimate of drug-likeness (QED) is 0.730. The van der Waals surface area contributed by atoms with Crippen molar-refractivity contribution < 1.29 is 0 Å². The van der Waals surface area contributed by atoms with Gasteiger partial charge in [0.2, 0.25) is 0 Å². The van der Waals surface area contributed by atoms with Crippen LogP contribution in [0.1, 0.15) is 11.1 Å². The number of nitrogens with one attached hydrogen (secondary N) is 1. The molecule has 0 bridgehead atoms. The second-order valence-corrected chi connectivity index (χ2v) is 3.20. The van der Waals surface area contributed by atoms with Gasteiger partial charge in [0, 0.05) is 13.1 Å². The van der Waals surface area contributed by atoms with Gasteiger partial charge in [-0.15, -0.1) is 0 Å². The molecule has 0 saturated carbocycles. The minimum absolute atomic E-state index is 0.542. The van der Waals surface area contributed by atoms with Gasteiger partial charge in [-0.3, -0.25) is 0 Å². The summed E-state index contributed by atoms with van der Waals surface area (Å²) < 4.78 is 0. The van der Waals surface area contributed by atoms with E-state index >= 15 is 0 Å². The molecule has 0 radical (unpaired) electrons. The van der Waals surface area contributed by atoms with Gasteiger partial charge in [0.1, 0.15) is 6.07 Å². The van der Waals surface area contributed by atoms with Gasteiger partial charge in [0.05, 0.1) is 11.3 Å². The highest BCUT2D eigenvalue weighted by Gasteiger charge is 2.02. The average Bonchev–Trinajstić information content (AvgIpc) is 2.26. The molecule has 0 atom stereocenters. The van der Waals surface area contributed by atoms with Crippen molar-refractivity contribution in [2.24, 2.45) is 5.73 Å². The summed E-state index contributed by atoms with van der Waals surface area (Å²) in [4.78, 5) is 0. The van der Waals surface area contributed by atoms with E-state index in [1.54, 1.807) is 0 Å². The molecule has 0 unspecified atom stereocenters. The Balaban J connectivity index is 2.76. The van der Waals surface area contributed by atoms with Crippen molar-refractivity contribution >= 4 is 5.69 Å². The lowest BCUT2D eigenvalue weighted by atomic mass is 10.1. The first-order valence-corrected chi connectivity index (χ1v) is 4.88. The van der Waals surface area contributed by atoms with Crippen molar-refractivity contribution in [2.45, 2.75) is 6.92 Å². The van der Waals surface area contributed by atoms with Crippen LogP contribution in [-0.4, -0.2) is 13.1 Å². The molecule has 3 nitrogen and oxygen atoms in total. The Hall–Kier alpha value is -1.79. The predicted molar refractivity (Wildman–Crippen MR) is 62.6 cm³/mol. The Morgan fingerprint density at radius 2 is 2.27 bits per heavy atom. The molecule has 0 spiro atoms. The van der Waals surface area contributed by atoms with Gasteiger partial charge in [-0.25, -0.2) is 0 Å². The first-order valence-electron chi connectivity index (χ1n) is 4.88. The molecule has 0 saturated heterocycles. The highest BCUT2D eigenvalue weighted by atomic mass is 14.9. The summed E-state index contributed by atoms with van der Waals surface area (Å²) in [6, 6.07) is 7.84. The zero-order valence-corrected chi connectivity index (χ0v) is 8.83. The zero-order chi connectivity index (χ0) is 11.1. The fourth-order valence-corrected chi connectivity index (χ4v) is 1.34. The summed E-state index contributed by atoms with van der Waals surface area (Å²) in [6.07, 6.45) is 3.84. The van der Waals surface area contributed by atoms with Gasteiger partial charge >= 0.3 is 0 Å². The zero-order valence-electron chi connectivity index (χ0n) is 8.83. The van der Waals surface area contributed by atoms with Crippen molar-refractivity contribution in [3.05, 3.63) is 41.5 Å². The number of benzene rings is 1. The number of aryl methyl sites for hydroxylation is 1. The number of hydrogen-bond acceptors (Lipinski definition) is 3. The second-order valence-electron chi connectivity index (χ2n) is 3.20. The molecular weight excluding hydrogens is 186 g/mol. The van der Waals surface area contributed by atoms with Crippen molar-refractivity contribution in [2.75, 3.05) is 18.4 Å². The topological polar surface area (TPSA) is 61.8 Å². The maximum atomic E-state index is 8.92. The van der Waals surface area contributed by atoms with Gasteiger partial charge in [-0.1, -0.05) is 24.3 Å². The van der Waals surface area contributed by atoms with E-state index in [9.17, 15) is 0 Å². The number of nitrogens with two attached hydrogens (primary N) is 1. The first kappa shape index (κ1) is 11.3. The van der Waals surface area contributed by atoms with Gasteiger partial charge in [-0.2, -0.15) is 5.26 Å². The smallest absolute Gasteiger partial charge is 0.101 e. The van der Waals surface area contributed by atoms with Crippen molar-refractivity contribution in [1.29, 1.82) is 5.26 Å². The minimum Gasteiger partial charge on any atom is -0.380 e. The van der Waals surface area contributed by atoms with Gasteiger partial charge < -0.3 is 11.1 Å². The molecule has 0 fully saturated rings. The summed E-state index contributed by atoms with van der Waals surface area (Å²) in [6.45, 7) is 3.22. The van der Waals surface area contributed by atoms with Crippen molar-refractivity contribution in [1.82, 2.24) is 0 Å². The number of hydrogen-bond donors (Lipinski definition) is 2. The molecule has 0 amide bonds. The lowest BCUT2D eigenvalue weighted by Crippen LogP contribution is -2.03. The maximum absolute atomic E-state index is 8.92. The van der Waals surface area contributed by atoms with E-state index < -0.39 is 0 Å². The fourth-order valence-electron chi connectivity index (χ4n) is 1.34. The molecule has 3 heteroatoms. The van der Waals surface area contributed by atoms with Gasteiger partial charge in [-0.05, 0) is 18.6 Å². The Morgan fingerprint density at radius 3 is 2.93 bits per heavy atom. The molecular formula is C12H15N3. The van der Waals surface area contributed by atoms with Crippen LogP contribution < -0.4 is 11.1 Å². The van der Waals surface area contributed by atoms with Gasteiger partial charge in [0.25, 0.3) is 0 Å². The summed E-state index contributed by atoms with van der Waals surface area (Å²) in [5.41, 5.74) is 7.99. The van der Waals surface area contributed by atoms with Crippen LogP contribution in [-0.2, 0) is 0 Å². The standard InChI is InChI=1S/C12H15N3/c1-10-5-4-6-11(9-14)12(10)15-8-3-2-7-13/h2-6,15H,7-8,13H2,1H3/b3-2+. The molecule has 1 aromatic rings. The summed E-state index contributed by atoms with van der Waals surface area (Å²) in [7, 11) is 0. The normalized spacial score (nSPS) is 10.2. The lowest BCUT2D eigenvalue weighted by Gasteiger charge is -2.08. The van der Waals surface area contributed by atoms with E-state index in [2.05, 4.69) is 11.4 Å². The van der Waals surface area contributed by atoms with Crippen LogP contribution in [0, 0.1) is 18.3 Å². The van der Waals surface area contributed by atoms with Crippen LogP contribution >= 0.6 is 0 Å². The molecule has 0 aliphatic heterocycles. The largest absolute Gasteiger partial charge is 0.380 e. The number of para-hydroxylation sites is 1. The Morgan fingerprint density at radius 1 is 1.47 bits per heavy atom. The van der Waals surface area contributed by atoms with Crippen LogP contribution in [0.5, 0.6) is 0 Å². The van der Waals surface area contributed by atoms with Crippen molar-refractivity contribution in [3.63, 3.8) is 0 Å². The highest BCUT2D eigenvalue weighted by Crippen LogP contribution is 2.19. The number of nitriles is 1. The monoisotopic (exact) mass is 201 g/mol. The molecule has 1 rings (SSSR count). The molecule has 1 aromatic carbocycles. The molecule has 0 aliphatic carbocycles. The third-order valence-electron chi connectivity index (χ3n) is 2.09. The van der Waals surface area contributed by atoms with E-state index in [0.717, 1.165) is 11.3 Å². The lowest BCUT2D eigenvalue weighted by molar-refractivity contribution is 1.22. The Bertz CT molecular complexity index is 388. The third kappa shape index (κ3) is 3.12. The maximum Gasteiger partial charge on any atom is 0.101 e. The summed E-state index contributed by atoms with van der Waals surface area (Å²) >= 11 is 0. The fraction of sp³-hybridized carbons (Fsp3) is 0.250. The van der Waals surface area contributed by atoms with Crippen LogP contribution in [0.15, 0.2) is 30.4 Å². The number of rotatable bonds is 4. The number of nitrogens with zero attached hydrogens (tertiary/aromatic N) is 1. The molecule has 0 heterocycles. The molecule has 78 valence electrons. The highest BCUT2D eigenvalue weighted by molar-refractivity contribution is 5.62. The summed E-state index contributed by atoms with van der Waals surface area (Å²) in [5, 5.41) is 12.1. The average molecular weight is 201 g/mol. The van der Waals surface area contributed by atoms with Gasteiger partial charge in [0.15, 0.2) is 0 Å².